The van der Waals surface area contributed by atoms with Crippen LogP contribution in [0, 0.1) is 11.8 Å². The number of imide groups is 1. The molecule has 0 spiro atoms. The van der Waals surface area contributed by atoms with Gasteiger partial charge in [-0.05, 0) is 58.8 Å². The third-order valence-electron chi connectivity index (χ3n) is 7.97. The maximum atomic E-state index is 13.6. The zero-order valence-corrected chi connectivity index (χ0v) is 20.3. The SMILES string of the molecule is CC1CC(CN2C(=O)C3CC(S(=O)(=O)NC4(C)CC4)CCC3N(CC3CCOC3)C2=O)ON1. The number of hydrogen-bond acceptors (Lipinski definition) is 7. The fourth-order valence-electron chi connectivity index (χ4n) is 5.75. The van der Waals surface area contributed by atoms with Gasteiger partial charge in [-0.1, -0.05) is 0 Å². The summed E-state index contributed by atoms with van der Waals surface area (Å²) in [6, 6.07) is -0.379. The number of sulfonamides is 1. The number of hydroxylamine groups is 1. The van der Waals surface area contributed by atoms with Crippen molar-refractivity contribution in [3.63, 3.8) is 0 Å². The minimum absolute atomic E-state index is 0.156. The second-order valence-electron chi connectivity index (χ2n) is 10.9. The average Bonchev–Trinajstić information content (AvgIpc) is 3.14. The lowest BCUT2D eigenvalue weighted by Crippen LogP contribution is -2.65. The average molecular weight is 485 g/mol. The Morgan fingerprint density at radius 3 is 2.58 bits per heavy atom. The Balaban J connectivity index is 1.36. The summed E-state index contributed by atoms with van der Waals surface area (Å²) in [5.41, 5.74) is 2.56. The van der Waals surface area contributed by atoms with E-state index in [4.69, 9.17) is 9.57 Å². The van der Waals surface area contributed by atoms with E-state index in [1.165, 1.54) is 4.90 Å². The van der Waals surface area contributed by atoms with Crippen molar-refractivity contribution >= 4 is 22.0 Å². The molecule has 3 amide bonds. The molecule has 6 atom stereocenters. The van der Waals surface area contributed by atoms with Gasteiger partial charge in [0.25, 0.3) is 0 Å². The Labute approximate surface area is 195 Å². The Morgan fingerprint density at radius 2 is 1.94 bits per heavy atom. The maximum absolute atomic E-state index is 13.6. The van der Waals surface area contributed by atoms with Crippen molar-refractivity contribution in [2.24, 2.45) is 11.8 Å². The van der Waals surface area contributed by atoms with Gasteiger partial charge in [0, 0.05) is 36.7 Å². The number of carbonyl (C=O) groups is 2. The number of nitrogens with one attached hydrogen (secondary N) is 2. The molecule has 10 nitrogen and oxygen atoms in total. The molecule has 11 heteroatoms. The zero-order chi connectivity index (χ0) is 23.4. The van der Waals surface area contributed by atoms with Crippen molar-refractivity contribution in [2.45, 2.75) is 87.8 Å². The van der Waals surface area contributed by atoms with E-state index in [0.717, 1.165) is 19.3 Å². The quantitative estimate of drug-likeness (QED) is 0.553. The normalized spacial score (nSPS) is 38.6. The number of rotatable bonds is 7. The third kappa shape index (κ3) is 4.80. The van der Waals surface area contributed by atoms with Gasteiger partial charge >= 0.3 is 6.03 Å². The highest BCUT2D eigenvalue weighted by molar-refractivity contribution is 7.90. The van der Waals surface area contributed by atoms with Crippen LogP contribution in [0.1, 0.15) is 58.8 Å². The molecule has 0 bridgehead atoms. The second-order valence-corrected chi connectivity index (χ2v) is 12.9. The predicted octanol–water partition coefficient (Wildman–Crippen LogP) is 0.978. The van der Waals surface area contributed by atoms with Gasteiger partial charge < -0.3 is 9.64 Å². The molecular weight excluding hydrogens is 448 g/mol. The molecular formula is C22H36N4O6S. The van der Waals surface area contributed by atoms with E-state index < -0.39 is 21.2 Å². The zero-order valence-electron chi connectivity index (χ0n) is 19.5. The predicted molar refractivity (Wildman–Crippen MR) is 119 cm³/mol. The minimum Gasteiger partial charge on any atom is -0.381 e. The molecule has 186 valence electrons. The van der Waals surface area contributed by atoms with Crippen LogP contribution in [0.4, 0.5) is 4.79 Å². The Morgan fingerprint density at radius 1 is 1.15 bits per heavy atom. The molecule has 5 aliphatic rings. The number of ether oxygens (including phenoxy) is 1. The molecule has 33 heavy (non-hydrogen) atoms. The summed E-state index contributed by atoms with van der Waals surface area (Å²) in [5.74, 6) is -0.532. The third-order valence-corrected chi connectivity index (χ3v) is 10.1. The van der Waals surface area contributed by atoms with E-state index in [9.17, 15) is 18.0 Å². The molecule has 0 radical (unpaired) electrons. The van der Waals surface area contributed by atoms with Crippen molar-refractivity contribution < 1.29 is 27.6 Å². The van der Waals surface area contributed by atoms with Gasteiger partial charge in [-0.15, -0.1) is 0 Å². The van der Waals surface area contributed by atoms with Gasteiger partial charge in [0.1, 0.15) is 0 Å². The van der Waals surface area contributed by atoms with E-state index in [2.05, 4.69) is 10.2 Å². The van der Waals surface area contributed by atoms with E-state index in [0.29, 0.717) is 39.0 Å². The van der Waals surface area contributed by atoms with Gasteiger partial charge in [-0.25, -0.2) is 17.9 Å². The van der Waals surface area contributed by atoms with Crippen molar-refractivity contribution in [3.05, 3.63) is 0 Å². The molecule has 2 N–H and O–H groups in total. The number of fused-ring (bicyclic) bond motifs is 1. The standard InChI is InChI=1S/C22H36N4O6S/c1-14-9-16(32-23-14)12-26-20(27)18-10-17(33(29,30)24-22(2)6-7-22)3-4-19(18)25(21(26)28)11-15-5-8-31-13-15/h14-19,23-24H,3-13H2,1-2H3. The Kier molecular flexibility index (Phi) is 6.22. The summed E-state index contributed by atoms with van der Waals surface area (Å²) in [5, 5.41) is -0.615. The molecule has 3 saturated heterocycles. The van der Waals surface area contributed by atoms with E-state index in [-0.39, 0.29) is 54.5 Å². The molecule has 3 heterocycles. The topological polar surface area (TPSA) is 117 Å². The molecule has 0 aromatic heterocycles. The smallest absolute Gasteiger partial charge is 0.327 e. The van der Waals surface area contributed by atoms with E-state index >= 15 is 0 Å². The lowest BCUT2D eigenvalue weighted by atomic mass is 9.80. The number of nitrogens with zero attached hydrogens (tertiary/aromatic N) is 2. The Bertz CT molecular complexity index is 887. The van der Waals surface area contributed by atoms with Crippen molar-refractivity contribution in [2.75, 3.05) is 26.3 Å². The lowest BCUT2D eigenvalue weighted by Gasteiger charge is -2.49. The first-order valence-corrected chi connectivity index (χ1v) is 13.8. The minimum atomic E-state index is -3.53. The van der Waals surface area contributed by atoms with Crippen LogP contribution in [0.3, 0.4) is 0 Å². The molecule has 0 aromatic carbocycles. The number of amides is 3. The largest absolute Gasteiger partial charge is 0.381 e. The van der Waals surface area contributed by atoms with E-state index in [1.54, 1.807) is 0 Å². The van der Waals surface area contributed by atoms with Crippen molar-refractivity contribution in [1.82, 2.24) is 20.0 Å². The maximum Gasteiger partial charge on any atom is 0.327 e. The molecule has 5 fully saturated rings. The first kappa shape index (κ1) is 23.5. The molecule has 2 saturated carbocycles. The van der Waals surface area contributed by atoms with Crippen molar-refractivity contribution in [3.8, 4) is 0 Å². The number of carbonyl (C=O) groups excluding carboxylic acids is 2. The van der Waals surface area contributed by atoms with Crippen LogP contribution >= 0.6 is 0 Å². The van der Waals surface area contributed by atoms with Crippen molar-refractivity contribution in [1.29, 1.82) is 0 Å². The van der Waals surface area contributed by atoms with Crippen LogP contribution in [-0.4, -0.2) is 85.4 Å². The Hall–Kier alpha value is -1.27. The monoisotopic (exact) mass is 484 g/mol. The van der Waals surface area contributed by atoms with Gasteiger partial charge in [0.05, 0.1) is 30.4 Å². The summed E-state index contributed by atoms with van der Waals surface area (Å²) >= 11 is 0. The van der Waals surface area contributed by atoms with Crippen LogP contribution in [0.25, 0.3) is 0 Å². The molecule has 6 unspecified atom stereocenters. The second kappa shape index (κ2) is 8.75. The van der Waals surface area contributed by atoms with Crippen LogP contribution in [0.15, 0.2) is 0 Å². The fraction of sp³-hybridized carbons (Fsp3) is 0.909. The van der Waals surface area contributed by atoms with Gasteiger partial charge in [-0.3, -0.25) is 14.5 Å². The summed E-state index contributed by atoms with van der Waals surface area (Å²) in [7, 11) is -3.53. The van der Waals surface area contributed by atoms with Gasteiger partial charge in [0.15, 0.2) is 0 Å². The molecule has 5 rings (SSSR count). The van der Waals surface area contributed by atoms with Crippen LogP contribution in [0.5, 0.6) is 0 Å². The van der Waals surface area contributed by atoms with E-state index in [1.807, 2.05) is 18.7 Å². The molecule has 3 aliphatic heterocycles. The lowest BCUT2D eigenvalue weighted by molar-refractivity contribution is -0.142. The first-order chi connectivity index (χ1) is 15.7. The van der Waals surface area contributed by atoms with Crippen LogP contribution in [-0.2, 0) is 24.4 Å². The van der Waals surface area contributed by atoms with Gasteiger partial charge in [0.2, 0.25) is 15.9 Å². The van der Waals surface area contributed by atoms with Gasteiger partial charge in [-0.2, -0.15) is 5.48 Å². The highest BCUT2D eigenvalue weighted by atomic mass is 32.2. The molecule has 2 aliphatic carbocycles. The summed E-state index contributed by atoms with van der Waals surface area (Å²) in [4.78, 5) is 35.8. The first-order valence-electron chi connectivity index (χ1n) is 12.3. The summed E-state index contributed by atoms with van der Waals surface area (Å²) < 4.78 is 34.5. The highest BCUT2D eigenvalue weighted by Crippen LogP contribution is 2.40. The number of hydrogen-bond donors (Lipinski definition) is 2. The summed E-state index contributed by atoms with van der Waals surface area (Å²) in [6.07, 6.45) is 4.25. The number of urea groups is 1. The molecule has 0 aromatic rings. The fourth-order valence-corrected chi connectivity index (χ4v) is 7.71. The van der Waals surface area contributed by atoms with Crippen LogP contribution in [0.2, 0.25) is 0 Å². The van der Waals surface area contributed by atoms with Crippen LogP contribution < -0.4 is 10.2 Å². The summed E-state index contributed by atoms with van der Waals surface area (Å²) in [6.45, 7) is 5.94. The highest BCUT2D eigenvalue weighted by Gasteiger charge is 2.53.